The van der Waals surface area contributed by atoms with Gasteiger partial charge < -0.3 is 14.4 Å². The van der Waals surface area contributed by atoms with E-state index in [0.29, 0.717) is 31.7 Å². The maximum atomic E-state index is 13.2. The van der Waals surface area contributed by atoms with Gasteiger partial charge in [-0.25, -0.2) is 13.9 Å². The van der Waals surface area contributed by atoms with Gasteiger partial charge in [0.25, 0.3) is 5.91 Å². The lowest BCUT2D eigenvalue weighted by atomic mass is 9.98. The van der Waals surface area contributed by atoms with Gasteiger partial charge in [-0.15, -0.1) is 0 Å². The highest BCUT2D eigenvalue weighted by atomic mass is 32.2. The van der Waals surface area contributed by atoms with Crippen molar-refractivity contribution in [2.45, 2.75) is 48.4 Å². The molecule has 0 unspecified atom stereocenters. The molecule has 2 saturated heterocycles. The standard InChI is InChI=1S/C19H26N2O7S/c1-14(22)21-10-6-16(7-11-21)28-15-2-4-17(5-3-15)29(25,26)19(18(23)20-24)8-12-27-13-9-19/h2-5,16,24H,6-13H2,1H3,(H,20,23). The van der Waals surface area contributed by atoms with Crippen LogP contribution in [0.2, 0.25) is 0 Å². The van der Waals surface area contributed by atoms with Crippen LogP contribution in [0.1, 0.15) is 32.6 Å². The highest BCUT2D eigenvalue weighted by molar-refractivity contribution is 7.93. The number of rotatable bonds is 5. The zero-order valence-electron chi connectivity index (χ0n) is 16.3. The predicted molar refractivity (Wildman–Crippen MR) is 102 cm³/mol. The minimum atomic E-state index is -4.05. The summed E-state index contributed by atoms with van der Waals surface area (Å²) in [7, 11) is -4.05. The van der Waals surface area contributed by atoms with Crippen molar-refractivity contribution in [1.82, 2.24) is 10.4 Å². The second-order valence-corrected chi connectivity index (χ2v) is 9.61. The fourth-order valence-corrected chi connectivity index (χ4v) is 5.76. The zero-order valence-corrected chi connectivity index (χ0v) is 17.1. The van der Waals surface area contributed by atoms with Gasteiger partial charge in [0.05, 0.1) is 4.90 Å². The lowest BCUT2D eigenvalue weighted by molar-refractivity contribution is -0.134. The van der Waals surface area contributed by atoms with E-state index < -0.39 is 20.5 Å². The lowest BCUT2D eigenvalue weighted by Crippen LogP contribution is -2.54. The van der Waals surface area contributed by atoms with Crippen LogP contribution < -0.4 is 10.2 Å². The molecule has 2 N–H and O–H groups in total. The number of sulfone groups is 1. The lowest BCUT2D eigenvalue weighted by Gasteiger charge is -2.34. The molecule has 1 aromatic rings. The van der Waals surface area contributed by atoms with Crippen molar-refractivity contribution in [3.8, 4) is 5.75 Å². The highest BCUT2D eigenvalue weighted by Crippen LogP contribution is 2.36. The monoisotopic (exact) mass is 426 g/mol. The van der Waals surface area contributed by atoms with Gasteiger partial charge in [0.2, 0.25) is 5.91 Å². The van der Waals surface area contributed by atoms with E-state index in [0.717, 1.165) is 0 Å². The topological polar surface area (TPSA) is 122 Å². The van der Waals surface area contributed by atoms with Crippen LogP contribution >= 0.6 is 0 Å². The Balaban J connectivity index is 1.73. The third kappa shape index (κ3) is 4.24. The van der Waals surface area contributed by atoms with Gasteiger partial charge in [0.15, 0.2) is 14.6 Å². The number of hydrogen-bond donors (Lipinski definition) is 2. The van der Waals surface area contributed by atoms with E-state index in [1.807, 2.05) is 0 Å². The minimum absolute atomic E-state index is 0.0123. The van der Waals surface area contributed by atoms with E-state index in [-0.39, 0.29) is 43.0 Å². The molecule has 0 atom stereocenters. The normalized spacial score (nSPS) is 20.1. The number of carbonyl (C=O) groups is 2. The molecule has 10 heteroatoms. The highest BCUT2D eigenvalue weighted by Gasteiger charge is 2.52. The molecule has 0 spiro atoms. The number of hydroxylamine groups is 1. The van der Waals surface area contributed by atoms with Crippen LogP contribution in [-0.4, -0.2) is 67.5 Å². The third-order valence-electron chi connectivity index (χ3n) is 5.65. The molecule has 2 fully saturated rings. The summed E-state index contributed by atoms with van der Waals surface area (Å²) < 4.78 is 35.8. The molecular formula is C19H26N2O7S. The number of nitrogens with zero attached hydrogens (tertiary/aromatic N) is 1. The summed E-state index contributed by atoms with van der Waals surface area (Å²) in [5.74, 6) is -0.372. The number of benzene rings is 1. The Kier molecular flexibility index (Phi) is 6.45. The molecule has 0 saturated carbocycles. The number of ether oxygens (including phenoxy) is 2. The van der Waals surface area contributed by atoms with Gasteiger partial charge in [-0.2, -0.15) is 0 Å². The van der Waals surface area contributed by atoms with Crippen molar-refractivity contribution in [1.29, 1.82) is 0 Å². The number of piperidine rings is 1. The van der Waals surface area contributed by atoms with E-state index in [1.54, 1.807) is 24.0 Å². The van der Waals surface area contributed by atoms with E-state index in [9.17, 15) is 18.0 Å². The van der Waals surface area contributed by atoms with Crippen LogP contribution in [0.5, 0.6) is 5.75 Å². The first-order valence-electron chi connectivity index (χ1n) is 9.59. The van der Waals surface area contributed by atoms with Crippen LogP contribution in [0.4, 0.5) is 0 Å². The van der Waals surface area contributed by atoms with Gasteiger partial charge in [-0.1, -0.05) is 0 Å². The van der Waals surface area contributed by atoms with Crippen LogP contribution in [-0.2, 0) is 24.2 Å². The van der Waals surface area contributed by atoms with Gasteiger partial charge in [-0.05, 0) is 37.1 Å². The molecule has 0 aliphatic carbocycles. The van der Waals surface area contributed by atoms with Crippen molar-refractivity contribution in [2.24, 2.45) is 0 Å². The summed E-state index contributed by atoms with van der Waals surface area (Å²) in [5.41, 5.74) is 1.50. The Morgan fingerprint density at radius 1 is 1.17 bits per heavy atom. The number of likely N-dealkylation sites (tertiary alicyclic amines) is 1. The Labute approximate surface area is 169 Å². The number of nitrogens with one attached hydrogen (secondary N) is 1. The summed E-state index contributed by atoms with van der Waals surface area (Å²) in [5, 5.41) is 9.09. The average Bonchev–Trinajstić information content (AvgIpc) is 2.74. The van der Waals surface area contributed by atoms with E-state index in [4.69, 9.17) is 14.7 Å². The van der Waals surface area contributed by atoms with Gasteiger partial charge in [0, 0.05) is 46.1 Å². The van der Waals surface area contributed by atoms with Gasteiger partial charge in [-0.3, -0.25) is 14.8 Å². The van der Waals surface area contributed by atoms with Crippen molar-refractivity contribution < 1.29 is 32.7 Å². The molecule has 2 heterocycles. The van der Waals surface area contributed by atoms with E-state index >= 15 is 0 Å². The number of carbonyl (C=O) groups excluding carboxylic acids is 2. The Morgan fingerprint density at radius 2 is 1.76 bits per heavy atom. The van der Waals surface area contributed by atoms with Crippen LogP contribution in [0.3, 0.4) is 0 Å². The second-order valence-electron chi connectivity index (χ2n) is 7.35. The van der Waals surface area contributed by atoms with Crippen molar-refractivity contribution >= 4 is 21.7 Å². The summed E-state index contributed by atoms with van der Waals surface area (Å²) in [6.45, 7) is 3.04. The fourth-order valence-electron chi connectivity index (χ4n) is 3.82. The maximum absolute atomic E-state index is 13.2. The van der Waals surface area contributed by atoms with E-state index in [2.05, 4.69) is 0 Å². The quantitative estimate of drug-likeness (QED) is 0.530. The predicted octanol–water partition coefficient (Wildman–Crippen LogP) is 0.905. The van der Waals surface area contributed by atoms with Crippen molar-refractivity contribution in [3.05, 3.63) is 24.3 Å². The fraction of sp³-hybridized carbons (Fsp3) is 0.579. The molecular weight excluding hydrogens is 400 g/mol. The van der Waals surface area contributed by atoms with Gasteiger partial charge in [0.1, 0.15) is 11.9 Å². The summed E-state index contributed by atoms with van der Waals surface area (Å²) >= 11 is 0. The second kappa shape index (κ2) is 8.68. The first kappa shape index (κ1) is 21.5. The van der Waals surface area contributed by atoms with Crippen LogP contribution in [0.15, 0.2) is 29.2 Å². The Hall–Kier alpha value is -2.17. The molecule has 2 aliphatic rings. The van der Waals surface area contributed by atoms with Gasteiger partial charge >= 0.3 is 0 Å². The molecule has 3 rings (SSSR count). The van der Waals surface area contributed by atoms with Crippen molar-refractivity contribution in [2.75, 3.05) is 26.3 Å². The summed E-state index contributed by atoms with van der Waals surface area (Å²) in [4.78, 5) is 25.4. The summed E-state index contributed by atoms with van der Waals surface area (Å²) in [6, 6.07) is 5.96. The summed E-state index contributed by atoms with van der Waals surface area (Å²) in [6.07, 6.45) is 1.30. The number of amides is 2. The molecule has 29 heavy (non-hydrogen) atoms. The van der Waals surface area contributed by atoms with Crippen LogP contribution in [0.25, 0.3) is 0 Å². The zero-order chi connectivity index (χ0) is 21.1. The molecule has 2 amide bonds. The minimum Gasteiger partial charge on any atom is -0.490 e. The molecule has 9 nitrogen and oxygen atoms in total. The van der Waals surface area contributed by atoms with E-state index in [1.165, 1.54) is 17.6 Å². The molecule has 0 bridgehead atoms. The molecule has 1 aromatic carbocycles. The first-order chi connectivity index (χ1) is 13.8. The molecule has 2 aliphatic heterocycles. The number of hydrogen-bond acceptors (Lipinski definition) is 7. The average molecular weight is 426 g/mol. The SMILES string of the molecule is CC(=O)N1CCC(Oc2ccc(S(=O)(=O)C3(C(=O)NO)CCOCC3)cc2)CC1. The largest absolute Gasteiger partial charge is 0.490 e. The maximum Gasteiger partial charge on any atom is 0.265 e. The Bertz CT molecular complexity index is 840. The van der Waals surface area contributed by atoms with Crippen molar-refractivity contribution in [3.63, 3.8) is 0 Å². The molecule has 0 radical (unpaired) electrons. The molecule has 160 valence electrons. The Morgan fingerprint density at radius 3 is 2.28 bits per heavy atom. The smallest absolute Gasteiger partial charge is 0.265 e. The first-order valence-corrected chi connectivity index (χ1v) is 11.1. The third-order valence-corrected chi connectivity index (χ3v) is 8.17. The molecule has 0 aromatic heterocycles. The van der Waals surface area contributed by atoms with Crippen LogP contribution in [0, 0.1) is 0 Å².